The molecule has 0 atom stereocenters. The van der Waals surface area contributed by atoms with Crippen LogP contribution in [-0.4, -0.2) is 24.0 Å². The molecule has 5 aromatic rings. The summed E-state index contributed by atoms with van der Waals surface area (Å²) in [6, 6.07) is 14.7. The average molecular weight is 602 g/mol. The molecule has 5 rings (SSSR count). The highest BCUT2D eigenvalue weighted by molar-refractivity contribution is 7.92. The van der Waals surface area contributed by atoms with Crippen LogP contribution in [0.25, 0.3) is 16.6 Å². The molecule has 0 aliphatic rings. The lowest BCUT2D eigenvalue weighted by molar-refractivity contribution is 0.256. The van der Waals surface area contributed by atoms with Crippen LogP contribution in [0, 0.1) is 6.92 Å². The fourth-order valence-electron chi connectivity index (χ4n) is 3.79. The number of hydrogen-bond donors (Lipinski definition) is 4. The number of aromatic nitrogens is 2. The van der Waals surface area contributed by atoms with Gasteiger partial charge in [0.1, 0.15) is 4.21 Å². The second-order valence-corrected chi connectivity index (χ2v) is 13.0. The summed E-state index contributed by atoms with van der Waals surface area (Å²) in [7, 11) is -4.09. The minimum atomic E-state index is -4.09. The zero-order valence-electron chi connectivity index (χ0n) is 20.1. The van der Waals surface area contributed by atoms with Gasteiger partial charge in [-0.15, -0.1) is 22.7 Å². The van der Waals surface area contributed by atoms with Gasteiger partial charge in [-0.3, -0.25) is 4.79 Å². The van der Waals surface area contributed by atoms with Gasteiger partial charge >= 0.3 is 11.7 Å². The molecular formula is C25H20ClN5O5S3. The summed E-state index contributed by atoms with van der Waals surface area (Å²) in [6.07, 6.45) is 0. The number of nitrogens with zero attached hydrogens (tertiary/aromatic N) is 1. The van der Waals surface area contributed by atoms with E-state index in [1.807, 2.05) is 23.1 Å². The van der Waals surface area contributed by atoms with Crippen molar-refractivity contribution in [3.63, 3.8) is 0 Å². The number of benzene rings is 2. The second-order valence-electron chi connectivity index (χ2n) is 8.38. The highest BCUT2D eigenvalue weighted by Gasteiger charge is 2.20. The smallest absolute Gasteiger partial charge is 0.333 e. The number of amides is 2. The number of halogens is 1. The summed E-state index contributed by atoms with van der Waals surface area (Å²) in [4.78, 5) is 42.2. The number of aryl methyl sites for hydroxylation is 1. The highest BCUT2D eigenvalue weighted by atomic mass is 35.5. The molecule has 0 aliphatic carbocycles. The molecule has 0 saturated heterocycles. The molecule has 0 spiro atoms. The number of fused-ring (bicyclic) bond motifs is 1. The Morgan fingerprint density at radius 3 is 2.44 bits per heavy atom. The van der Waals surface area contributed by atoms with Gasteiger partial charge in [-0.1, -0.05) is 11.6 Å². The maximum Gasteiger partial charge on any atom is 0.333 e. The molecule has 14 heteroatoms. The Bertz CT molecular complexity index is 1920. The fraction of sp³-hybridized carbons (Fsp3) is 0.0800. The molecule has 200 valence electrons. The van der Waals surface area contributed by atoms with E-state index in [4.69, 9.17) is 11.6 Å². The predicted molar refractivity (Wildman–Crippen MR) is 155 cm³/mol. The summed E-state index contributed by atoms with van der Waals surface area (Å²) in [6.45, 7) is 2.67. The summed E-state index contributed by atoms with van der Waals surface area (Å²) in [5.41, 5.74) is 1.74. The number of rotatable bonds is 7. The molecule has 2 amide bonds. The maximum atomic E-state index is 13.2. The van der Waals surface area contributed by atoms with Crippen LogP contribution in [-0.2, 0) is 16.6 Å². The lowest BCUT2D eigenvalue weighted by Gasteiger charge is -2.11. The van der Waals surface area contributed by atoms with Crippen molar-refractivity contribution >= 4 is 72.6 Å². The van der Waals surface area contributed by atoms with E-state index in [1.54, 1.807) is 29.5 Å². The number of sulfonamides is 1. The molecule has 0 aliphatic heterocycles. The number of thiophene rings is 2. The highest BCUT2D eigenvalue weighted by Crippen LogP contribution is 2.25. The van der Waals surface area contributed by atoms with E-state index in [9.17, 15) is 22.8 Å². The minimum Gasteiger partial charge on any atom is -0.380 e. The van der Waals surface area contributed by atoms with Crippen LogP contribution in [0.15, 0.2) is 79.8 Å². The van der Waals surface area contributed by atoms with E-state index in [-0.39, 0.29) is 19.9 Å². The number of hydrogen-bond acceptors (Lipinski definition) is 8. The van der Waals surface area contributed by atoms with Gasteiger partial charge < -0.3 is 15.6 Å². The van der Waals surface area contributed by atoms with Gasteiger partial charge in [-0.25, -0.2) is 27.3 Å². The molecule has 0 bridgehead atoms. The van der Waals surface area contributed by atoms with Crippen molar-refractivity contribution < 1.29 is 13.2 Å². The SMILES string of the molecule is Cc1ccsc1CNc1ccc2c(=O)n(-c3ccc(NC(=O)NS(=O)(=O)c4ccc(Cl)s4)cc3)c(=O)[nH]c2c1. The first-order chi connectivity index (χ1) is 18.6. The topological polar surface area (TPSA) is 142 Å². The van der Waals surface area contributed by atoms with Gasteiger partial charge in [0, 0.05) is 22.8 Å². The second kappa shape index (κ2) is 10.7. The lowest BCUT2D eigenvalue weighted by atomic mass is 10.2. The van der Waals surface area contributed by atoms with Crippen LogP contribution >= 0.6 is 34.3 Å². The van der Waals surface area contributed by atoms with Gasteiger partial charge in [-0.05, 0) is 78.5 Å². The van der Waals surface area contributed by atoms with Gasteiger partial charge in [0.2, 0.25) is 0 Å². The van der Waals surface area contributed by atoms with E-state index < -0.39 is 27.3 Å². The Labute approximate surface area is 235 Å². The third-order valence-corrected chi connectivity index (χ3v) is 9.82. The third-order valence-electron chi connectivity index (χ3n) is 5.74. The Kier molecular flexibility index (Phi) is 7.32. The Balaban J connectivity index is 1.32. The first-order valence-corrected chi connectivity index (χ1v) is 14.9. The number of H-pyrrole nitrogens is 1. The molecule has 3 aromatic heterocycles. The van der Waals surface area contributed by atoms with E-state index in [0.29, 0.717) is 17.4 Å². The first-order valence-electron chi connectivity index (χ1n) is 11.4. The maximum absolute atomic E-state index is 13.2. The minimum absolute atomic E-state index is 0.103. The number of carbonyl (C=O) groups excluding carboxylic acids is 1. The monoisotopic (exact) mass is 601 g/mol. The van der Waals surface area contributed by atoms with Crippen molar-refractivity contribution in [2.75, 3.05) is 10.6 Å². The molecule has 4 N–H and O–H groups in total. The average Bonchev–Trinajstić information content (AvgIpc) is 3.51. The largest absolute Gasteiger partial charge is 0.380 e. The Hall–Kier alpha value is -3.91. The van der Waals surface area contributed by atoms with Crippen molar-refractivity contribution in [2.24, 2.45) is 0 Å². The van der Waals surface area contributed by atoms with Gasteiger partial charge in [0.05, 0.1) is 20.9 Å². The summed E-state index contributed by atoms with van der Waals surface area (Å²) in [5.74, 6) is 0. The van der Waals surface area contributed by atoms with Gasteiger partial charge in [-0.2, -0.15) is 0 Å². The summed E-state index contributed by atoms with van der Waals surface area (Å²) >= 11 is 8.24. The standard InChI is InChI=1S/C25H20ClN5O5S3/c1-14-10-11-37-20(14)13-27-16-4-7-18-19(12-16)29-25(34)31(23(18)32)17-5-2-15(3-6-17)28-24(33)30-39(35,36)22-9-8-21(26)38-22/h2-12,27H,13H2,1H3,(H,29,34)(H2,28,30,33). The van der Waals surface area contributed by atoms with Crippen molar-refractivity contribution in [3.8, 4) is 5.69 Å². The molecule has 10 nitrogen and oxygen atoms in total. The number of anilines is 2. The van der Waals surface area contributed by atoms with E-state index >= 15 is 0 Å². The quantitative estimate of drug-likeness (QED) is 0.209. The lowest BCUT2D eigenvalue weighted by Crippen LogP contribution is -2.34. The summed E-state index contributed by atoms with van der Waals surface area (Å²) in [5, 5.41) is 8.07. The number of aromatic amines is 1. The number of urea groups is 1. The zero-order chi connectivity index (χ0) is 27.7. The predicted octanol–water partition coefficient (Wildman–Crippen LogP) is 4.89. The third kappa shape index (κ3) is 5.76. The van der Waals surface area contributed by atoms with Crippen LogP contribution in [0.2, 0.25) is 4.34 Å². The molecule has 0 unspecified atom stereocenters. The van der Waals surface area contributed by atoms with E-state index in [1.165, 1.54) is 46.8 Å². The van der Waals surface area contributed by atoms with Crippen molar-refractivity contribution in [3.05, 3.63) is 102 Å². The molecule has 0 radical (unpaired) electrons. The van der Waals surface area contributed by atoms with E-state index in [2.05, 4.69) is 15.6 Å². The number of carbonyl (C=O) groups is 1. The number of nitrogens with one attached hydrogen (secondary N) is 4. The first kappa shape index (κ1) is 26.7. The van der Waals surface area contributed by atoms with Crippen molar-refractivity contribution in [1.29, 1.82) is 0 Å². The van der Waals surface area contributed by atoms with Crippen LogP contribution in [0.5, 0.6) is 0 Å². The summed E-state index contributed by atoms with van der Waals surface area (Å²) < 4.78 is 27.6. The molecular weight excluding hydrogens is 582 g/mol. The van der Waals surface area contributed by atoms with Gasteiger partial charge in [0.15, 0.2) is 0 Å². The fourth-order valence-corrected chi connectivity index (χ4v) is 7.03. The molecule has 0 saturated carbocycles. The van der Waals surface area contributed by atoms with Gasteiger partial charge in [0.25, 0.3) is 15.6 Å². The Morgan fingerprint density at radius 2 is 1.77 bits per heavy atom. The zero-order valence-corrected chi connectivity index (χ0v) is 23.4. The van der Waals surface area contributed by atoms with Crippen LogP contribution in [0.3, 0.4) is 0 Å². The van der Waals surface area contributed by atoms with Crippen molar-refractivity contribution in [2.45, 2.75) is 17.7 Å². The molecule has 3 heterocycles. The Morgan fingerprint density at radius 1 is 1.03 bits per heavy atom. The van der Waals surface area contributed by atoms with Crippen molar-refractivity contribution in [1.82, 2.24) is 14.3 Å². The molecule has 39 heavy (non-hydrogen) atoms. The van der Waals surface area contributed by atoms with E-state index in [0.717, 1.165) is 21.6 Å². The normalized spacial score (nSPS) is 11.4. The van der Waals surface area contributed by atoms with Crippen LogP contribution in [0.4, 0.5) is 16.2 Å². The molecule has 2 aromatic carbocycles. The molecule has 0 fully saturated rings. The van der Waals surface area contributed by atoms with Crippen LogP contribution in [0.1, 0.15) is 10.4 Å². The van der Waals surface area contributed by atoms with Crippen LogP contribution < -0.4 is 26.6 Å².